The van der Waals surface area contributed by atoms with Gasteiger partial charge in [0.1, 0.15) is 5.82 Å². The van der Waals surface area contributed by atoms with Gasteiger partial charge < -0.3 is 15.1 Å². The first kappa shape index (κ1) is 21.3. The van der Waals surface area contributed by atoms with E-state index in [0.717, 1.165) is 24.9 Å². The third-order valence-electron chi connectivity index (χ3n) is 5.67. The molecule has 2 heterocycles. The van der Waals surface area contributed by atoms with Gasteiger partial charge in [0.2, 0.25) is 0 Å². The van der Waals surface area contributed by atoms with Crippen molar-refractivity contribution in [3.8, 4) is 0 Å². The Bertz CT molecular complexity index is 596. The van der Waals surface area contributed by atoms with Crippen molar-refractivity contribution in [3.63, 3.8) is 0 Å². The van der Waals surface area contributed by atoms with Crippen molar-refractivity contribution < 1.29 is 0 Å². The monoisotopic (exact) mass is 471 g/mol. The number of likely N-dealkylation sites (tertiary alicyclic amines) is 1. The molecule has 3 rings (SSSR count). The van der Waals surface area contributed by atoms with E-state index < -0.39 is 0 Å². The van der Waals surface area contributed by atoms with Crippen molar-refractivity contribution in [2.24, 2.45) is 10.4 Å². The highest BCUT2D eigenvalue weighted by Gasteiger charge is 2.39. The molecule has 1 aliphatic carbocycles. The van der Waals surface area contributed by atoms with Crippen LogP contribution in [-0.2, 0) is 6.54 Å². The summed E-state index contributed by atoms with van der Waals surface area (Å²) in [6, 6.07) is 4.19. The Kier molecular flexibility index (Phi) is 7.98. The predicted molar refractivity (Wildman–Crippen MR) is 121 cm³/mol. The zero-order chi connectivity index (χ0) is 17.7. The molecule has 1 spiro atoms. The Morgan fingerprint density at radius 3 is 2.73 bits per heavy atom. The molecule has 146 valence electrons. The molecule has 6 heteroatoms. The number of hydrogen-bond acceptors (Lipinski definition) is 3. The third-order valence-corrected chi connectivity index (χ3v) is 5.67. The molecule has 1 aromatic rings. The summed E-state index contributed by atoms with van der Waals surface area (Å²) in [5.41, 5.74) is 1.77. The van der Waals surface area contributed by atoms with Crippen LogP contribution in [0.15, 0.2) is 23.3 Å². The number of pyridine rings is 1. The number of nitrogens with one attached hydrogen (secondary N) is 1. The minimum Gasteiger partial charge on any atom is -0.363 e. The molecule has 0 radical (unpaired) electrons. The van der Waals surface area contributed by atoms with Crippen molar-refractivity contribution in [2.45, 2.75) is 52.0 Å². The first-order valence-electron chi connectivity index (χ1n) is 9.77. The Balaban J connectivity index is 0.00000243. The zero-order valence-electron chi connectivity index (χ0n) is 16.5. The zero-order valence-corrected chi connectivity index (χ0v) is 18.8. The topological polar surface area (TPSA) is 43.8 Å². The number of anilines is 1. The molecule has 1 aliphatic heterocycles. The van der Waals surface area contributed by atoms with Crippen molar-refractivity contribution in [1.29, 1.82) is 0 Å². The lowest BCUT2D eigenvalue weighted by Gasteiger charge is -2.33. The van der Waals surface area contributed by atoms with Crippen LogP contribution in [0.4, 0.5) is 5.82 Å². The SMILES string of the molecule is CCNC(=NCc1ccnc(N(C)C)c1)N1CCC2(CCCCC2)C1.I. The van der Waals surface area contributed by atoms with Gasteiger partial charge in [0.05, 0.1) is 6.54 Å². The van der Waals surface area contributed by atoms with E-state index in [1.165, 1.54) is 50.6 Å². The first-order valence-corrected chi connectivity index (χ1v) is 9.77. The van der Waals surface area contributed by atoms with E-state index in [4.69, 9.17) is 4.99 Å². The van der Waals surface area contributed by atoms with Crippen molar-refractivity contribution >= 4 is 35.8 Å². The average molecular weight is 471 g/mol. The molecular formula is C20H34IN5. The smallest absolute Gasteiger partial charge is 0.194 e. The minimum absolute atomic E-state index is 0. The molecule has 0 unspecified atom stereocenters. The Labute approximate surface area is 175 Å². The number of rotatable bonds is 4. The number of halogens is 1. The van der Waals surface area contributed by atoms with Gasteiger partial charge in [-0.15, -0.1) is 24.0 Å². The van der Waals surface area contributed by atoms with Crippen molar-refractivity contribution in [1.82, 2.24) is 15.2 Å². The highest BCUT2D eigenvalue weighted by Crippen LogP contribution is 2.43. The van der Waals surface area contributed by atoms with E-state index in [1.54, 1.807) is 0 Å². The van der Waals surface area contributed by atoms with Gasteiger partial charge >= 0.3 is 0 Å². The minimum atomic E-state index is 0. The van der Waals surface area contributed by atoms with Crippen LogP contribution in [0.3, 0.4) is 0 Å². The lowest BCUT2D eigenvalue weighted by molar-refractivity contribution is 0.203. The normalized spacial score (nSPS) is 19.3. The number of hydrogen-bond donors (Lipinski definition) is 1. The van der Waals surface area contributed by atoms with E-state index in [9.17, 15) is 0 Å². The summed E-state index contributed by atoms with van der Waals surface area (Å²) in [6.45, 7) is 6.10. The summed E-state index contributed by atoms with van der Waals surface area (Å²) in [7, 11) is 4.04. The molecule has 0 bridgehead atoms. The highest BCUT2D eigenvalue weighted by molar-refractivity contribution is 14.0. The first-order chi connectivity index (χ1) is 12.1. The molecule has 1 aromatic heterocycles. The molecule has 1 N–H and O–H groups in total. The number of aliphatic imine (C=N–C) groups is 1. The number of nitrogens with zero attached hydrogens (tertiary/aromatic N) is 4. The predicted octanol–water partition coefficient (Wildman–Crippen LogP) is 3.89. The molecule has 2 aliphatic rings. The van der Waals surface area contributed by atoms with Crippen LogP contribution in [0, 0.1) is 5.41 Å². The number of aromatic nitrogens is 1. The van der Waals surface area contributed by atoms with E-state index in [2.05, 4.69) is 34.3 Å². The molecule has 26 heavy (non-hydrogen) atoms. The van der Waals surface area contributed by atoms with Gasteiger partial charge in [-0.05, 0) is 49.3 Å². The molecule has 2 fully saturated rings. The van der Waals surface area contributed by atoms with Crippen LogP contribution in [-0.4, -0.2) is 49.6 Å². The number of guanidine groups is 1. The van der Waals surface area contributed by atoms with Gasteiger partial charge in [-0.25, -0.2) is 9.98 Å². The standard InChI is InChI=1S/C20H33N5.HI/c1-4-21-19(23-15-17-8-12-22-18(14-17)24(2)3)25-13-11-20(16-25)9-6-5-7-10-20;/h8,12,14H,4-7,9-11,13,15-16H2,1-3H3,(H,21,23);1H. The second-order valence-electron chi connectivity index (χ2n) is 7.82. The fourth-order valence-corrected chi connectivity index (χ4v) is 4.22. The second-order valence-corrected chi connectivity index (χ2v) is 7.82. The maximum atomic E-state index is 4.93. The van der Waals surface area contributed by atoms with E-state index in [1.807, 2.05) is 25.2 Å². The maximum absolute atomic E-state index is 4.93. The molecule has 0 amide bonds. The largest absolute Gasteiger partial charge is 0.363 e. The summed E-state index contributed by atoms with van der Waals surface area (Å²) in [5, 5.41) is 3.50. The summed E-state index contributed by atoms with van der Waals surface area (Å²) in [5.74, 6) is 2.06. The average Bonchev–Trinajstić information content (AvgIpc) is 3.02. The van der Waals surface area contributed by atoms with Crippen LogP contribution in [0.2, 0.25) is 0 Å². The Hall–Kier alpha value is -1.05. The molecule has 1 saturated carbocycles. The molecule has 5 nitrogen and oxygen atoms in total. The second kappa shape index (κ2) is 9.76. The van der Waals surface area contributed by atoms with Gasteiger partial charge in [-0.2, -0.15) is 0 Å². The molecule has 0 aromatic carbocycles. The van der Waals surface area contributed by atoms with E-state index in [0.29, 0.717) is 12.0 Å². The summed E-state index contributed by atoms with van der Waals surface area (Å²) in [4.78, 5) is 13.8. The third kappa shape index (κ3) is 5.24. The van der Waals surface area contributed by atoms with Crippen molar-refractivity contribution in [2.75, 3.05) is 38.6 Å². The van der Waals surface area contributed by atoms with E-state index in [-0.39, 0.29) is 24.0 Å². The summed E-state index contributed by atoms with van der Waals surface area (Å²) in [6.07, 6.45) is 10.3. The lowest BCUT2D eigenvalue weighted by Crippen LogP contribution is -2.41. The van der Waals surface area contributed by atoms with Crippen LogP contribution in [0.5, 0.6) is 0 Å². The highest BCUT2D eigenvalue weighted by atomic mass is 127. The van der Waals surface area contributed by atoms with Gasteiger partial charge in [0, 0.05) is 39.9 Å². The van der Waals surface area contributed by atoms with Gasteiger partial charge in [-0.1, -0.05) is 19.3 Å². The summed E-state index contributed by atoms with van der Waals surface area (Å²) >= 11 is 0. The quantitative estimate of drug-likeness (QED) is 0.411. The molecular weight excluding hydrogens is 437 g/mol. The van der Waals surface area contributed by atoms with Crippen LogP contribution < -0.4 is 10.2 Å². The lowest BCUT2D eigenvalue weighted by atomic mass is 9.73. The maximum Gasteiger partial charge on any atom is 0.194 e. The molecule has 1 saturated heterocycles. The van der Waals surface area contributed by atoms with Crippen LogP contribution >= 0.6 is 24.0 Å². The molecule has 0 atom stereocenters. The van der Waals surface area contributed by atoms with Gasteiger partial charge in [0.25, 0.3) is 0 Å². The van der Waals surface area contributed by atoms with Crippen LogP contribution in [0.25, 0.3) is 0 Å². The Morgan fingerprint density at radius 1 is 1.27 bits per heavy atom. The van der Waals surface area contributed by atoms with Gasteiger partial charge in [-0.3, -0.25) is 0 Å². The summed E-state index contributed by atoms with van der Waals surface area (Å²) < 4.78 is 0. The Morgan fingerprint density at radius 2 is 2.04 bits per heavy atom. The fourth-order valence-electron chi connectivity index (χ4n) is 4.22. The fraction of sp³-hybridized carbons (Fsp3) is 0.700. The van der Waals surface area contributed by atoms with E-state index >= 15 is 0 Å². The van der Waals surface area contributed by atoms with Gasteiger partial charge in [0.15, 0.2) is 5.96 Å². The van der Waals surface area contributed by atoms with Crippen LogP contribution in [0.1, 0.15) is 51.0 Å². The van der Waals surface area contributed by atoms with Crippen molar-refractivity contribution in [3.05, 3.63) is 23.9 Å².